The number of benzene rings is 1. The summed E-state index contributed by atoms with van der Waals surface area (Å²) in [6, 6.07) is 5.21. The van der Waals surface area contributed by atoms with Crippen LogP contribution in [0.5, 0.6) is 0 Å². The quantitative estimate of drug-likeness (QED) is 0.835. The van der Waals surface area contributed by atoms with Crippen LogP contribution in [0.2, 0.25) is 10.0 Å². The third kappa shape index (κ3) is 1.94. The van der Waals surface area contributed by atoms with Crippen LogP contribution in [0.4, 0.5) is 5.69 Å². The van der Waals surface area contributed by atoms with Crippen LogP contribution in [0, 0.1) is 0 Å². The SMILES string of the molecule is Cn1cc(N)c(-c2cc(Cl)ccc2Cl)n1. The summed E-state index contributed by atoms with van der Waals surface area (Å²) in [6.45, 7) is 0. The van der Waals surface area contributed by atoms with Crippen molar-refractivity contribution < 1.29 is 0 Å². The van der Waals surface area contributed by atoms with E-state index in [2.05, 4.69) is 5.10 Å². The first-order valence-corrected chi connectivity index (χ1v) is 5.08. The van der Waals surface area contributed by atoms with Gasteiger partial charge in [0.2, 0.25) is 0 Å². The molecule has 0 aliphatic carbocycles. The van der Waals surface area contributed by atoms with Gasteiger partial charge in [0, 0.05) is 23.8 Å². The summed E-state index contributed by atoms with van der Waals surface area (Å²) in [5, 5.41) is 5.43. The molecular weight excluding hydrogens is 233 g/mol. The fourth-order valence-electron chi connectivity index (χ4n) is 1.40. The van der Waals surface area contributed by atoms with Crippen LogP contribution in [0.15, 0.2) is 24.4 Å². The maximum absolute atomic E-state index is 6.05. The number of rotatable bonds is 1. The molecule has 2 aromatic rings. The highest BCUT2D eigenvalue weighted by Crippen LogP contribution is 2.32. The van der Waals surface area contributed by atoms with Crippen molar-refractivity contribution >= 4 is 28.9 Å². The van der Waals surface area contributed by atoms with Gasteiger partial charge in [0.15, 0.2) is 0 Å². The molecule has 15 heavy (non-hydrogen) atoms. The highest BCUT2D eigenvalue weighted by Gasteiger charge is 2.11. The van der Waals surface area contributed by atoms with Crippen molar-refractivity contribution in [1.29, 1.82) is 0 Å². The van der Waals surface area contributed by atoms with Crippen LogP contribution in [-0.2, 0) is 7.05 Å². The summed E-state index contributed by atoms with van der Waals surface area (Å²) in [5.74, 6) is 0. The number of nitrogens with two attached hydrogens (primary N) is 1. The van der Waals surface area contributed by atoms with Gasteiger partial charge in [0.1, 0.15) is 5.69 Å². The second-order valence-corrected chi connectivity index (χ2v) is 4.07. The summed E-state index contributed by atoms with van der Waals surface area (Å²) in [5.41, 5.74) is 7.80. The van der Waals surface area contributed by atoms with Gasteiger partial charge in [-0.3, -0.25) is 4.68 Å². The molecule has 1 aromatic carbocycles. The third-order valence-electron chi connectivity index (χ3n) is 2.04. The largest absolute Gasteiger partial charge is 0.396 e. The van der Waals surface area contributed by atoms with Crippen molar-refractivity contribution in [2.75, 3.05) is 5.73 Å². The van der Waals surface area contributed by atoms with E-state index in [1.54, 1.807) is 36.1 Å². The number of nitrogen functional groups attached to an aromatic ring is 1. The Morgan fingerprint density at radius 3 is 2.67 bits per heavy atom. The normalized spacial score (nSPS) is 10.6. The predicted molar refractivity (Wildman–Crippen MR) is 63.1 cm³/mol. The zero-order chi connectivity index (χ0) is 11.0. The molecule has 5 heteroatoms. The van der Waals surface area contributed by atoms with Gasteiger partial charge in [-0.2, -0.15) is 5.10 Å². The highest BCUT2D eigenvalue weighted by molar-refractivity contribution is 6.35. The lowest BCUT2D eigenvalue weighted by molar-refractivity contribution is 0.771. The zero-order valence-electron chi connectivity index (χ0n) is 8.04. The van der Waals surface area contributed by atoms with Crippen LogP contribution >= 0.6 is 23.2 Å². The van der Waals surface area contributed by atoms with Gasteiger partial charge in [-0.15, -0.1) is 0 Å². The summed E-state index contributed by atoms with van der Waals surface area (Å²) >= 11 is 11.9. The van der Waals surface area contributed by atoms with Gasteiger partial charge >= 0.3 is 0 Å². The Morgan fingerprint density at radius 2 is 2.07 bits per heavy atom. The molecule has 0 saturated carbocycles. The van der Waals surface area contributed by atoms with E-state index in [9.17, 15) is 0 Å². The summed E-state index contributed by atoms with van der Waals surface area (Å²) in [6.07, 6.45) is 1.73. The third-order valence-corrected chi connectivity index (χ3v) is 2.61. The lowest BCUT2D eigenvalue weighted by Gasteiger charge is -2.02. The molecule has 0 spiro atoms. The fourth-order valence-corrected chi connectivity index (χ4v) is 1.77. The average Bonchev–Trinajstić information content (AvgIpc) is 2.50. The summed E-state index contributed by atoms with van der Waals surface area (Å²) in [7, 11) is 1.80. The molecule has 0 amide bonds. The van der Waals surface area contributed by atoms with Crippen LogP contribution < -0.4 is 5.73 Å². The predicted octanol–water partition coefficient (Wildman–Crippen LogP) is 2.98. The molecule has 0 aliphatic heterocycles. The first kappa shape index (κ1) is 10.3. The van der Waals surface area contributed by atoms with E-state index >= 15 is 0 Å². The van der Waals surface area contributed by atoms with Crippen molar-refractivity contribution in [3.63, 3.8) is 0 Å². The molecule has 2 N–H and O–H groups in total. The van der Waals surface area contributed by atoms with Gasteiger partial charge in [0.25, 0.3) is 0 Å². The second kappa shape index (κ2) is 3.76. The number of anilines is 1. The minimum atomic E-state index is 0.585. The fraction of sp³-hybridized carbons (Fsp3) is 0.100. The minimum absolute atomic E-state index is 0.585. The number of aromatic nitrogens is 2. The van der Waals surface area contributed by atoms with E-state index < -0.39 is 0 Å². The number of hydrogen-bond acceptors (Lipinski definition) is 2. The van der Waals surface area contributed by atoms with Crippen molar-refractivity contribution in [3.05, 3.63) is 34.4 Å². The zero-order valence-corrected chi connectivity index (χ0v) is 9.55. The first-order chi connectivity index (χ1) is 7.08. The first-order valence-electron chi connectivity index (χ1n) is 4.32. The molecule has 0 fully saturated rings. The standard InChI is InChI=1S/C10H9Cl2N3/c1-15-5-9(13)10(14-15)7-4-6(11)2-3-8(7)12/h2-5H,13H2,1H3. The molecule has 1 heterocycles. The Balaban J connectivity index is 2.62. The summed E-state index contributed by atoms with van der Waals surface area (Å²) < 4.78 is 1.64. The molecule has 1 aromatic heterocycles. The molecule has 0 atom stereocenters. The highest BCUT2D eigenvalue weighted by atomic mass is 35.5. The van der Waals surface area contributed by atoms with Crippen molar-refractivity contribution in [1.82, 2.24) is 9.78 Å². The van der Waals surface area contributed by atoms with E-state index in [-0.39, 0.29) is 0 Å². The molecule has 78 valence electrons. The monoisotopic (exact) mass is 241 g/mol. The lowest BCUT2D eigenvalue weighted by Crippen LogP contribution is -1.89. The van der Waals surface area contributed by atoms with Crippen molar-refractivity contribution in [3.8, 4) is 11.3 Å². The number of halogens is 2. The Hall–Kier alpha value is -1.19. The van der Waals surface area contributed by atoms with Gasteiger partial charge in [0.05, 0.1) is 10.7 Å². The van der Waals surface area contributed by atoms with E-state index in [1.165, 1.54) is 0 Å². The second-order valence-electron chi connectivity index (χ2n) is 3.23. The topological polar surface area (TPSA) is 43.8 Å². The number of hydrogen-bond donors (Lipinski definition) is 1. The molecule has 3 nitrogen and oxygen atoms in total. The van der Waals surface area contributed by atoms with Gasteiger partial charge in [-0.05, 0) is 18.2 Å². The molecule has 2 rings (SSSR count). The van der Waals surface area contributed by atoms with Gasteiger partial charge in [-0.1, -0.05) is 23.2 Å². The molecule has 0 saturated heterocycles. The van der Waals surface area contributed by atoms with Crippen LogP contribution in [0.1, 0.15) is 0 Å². The van der Waals surface area contributed by atoms with Crippen molar-refractivity contribution in [2.24, 2.45) is 7.05 Å². The number of nitrogens with zero attached hydrogens (tertiary/aromatic N) is 2. The Morgan fingerprint density at radius 1 is 1.33 bits per heavy atom. The Labute approximate surface area is 97.4 Å². The lowest BCUT2D eigenvalue weighted by atomic mass is 10.1. The smallest absolute Gasteiger partial charge is 0.117 e. The molecule has 0 radical (unpaired) electrons. The molecular formula is C10H9Cl2N3. The van der Waals surface area contributed by atoms with Gasteiger partial charge in [-0.25, -0.2) is 0 Å². The Bertz CT molecular complexity index is 505. The average molecular weight is 242 g/mol. The van der Waals surface area contributed by atoms with Crippen molar-refractivity contribution in [2.45, 2.75) is 0 Å². The van der Waals surface area contributed by atoms with Gasteiger partial charge < -0.3 is 5.73 Å². The van der Waals surface area contributed by atoms with E-state index in [0.29, 0.717) is 21.4 Å². The summed E-state index contributed by atoms with van der Waals surface area (Å²) in [4.78, 5) is 0. The van der Waals surface area contributed by atoms with Crippen LogP contribution in [-0.4, -0.2) is 9.78 Å². The molecule has 0 unspecified atom stereocenters. The van der Waals surface area contributed by atoms with Crippen LogP contribution in [0.25, 0.3) is 11.3 Å². The minimum Gasteiger partial charge on any atom is -0.396 e. The van der Waals surface area contributed by atoms with E-state index in [4.69, 9.17) is 28.9 Å². The molecule has 0 bridgehead atoms. The number of aryl methyl sites for hydroxylation is 1. The van der Waals surface area contributed by atoms with E-state index in [0.717, 1.165) is 5.56 Å². The Kier molecular flexibility index (Phi) is 2.59. The van der Waals surface area contributed by atoms with Crippen LogP contribution in [0.3, 0.4) is 0 Å². The molecule has 0 aliphatic rings. The maximum atomic E-state index is 6.05. The maximum Gasteiger partial charge on any atom is 0.117 e. The van der Waals surface area contributed by atoms with E-state index in [1.807, 2.05) is 0 Å².